The Kier molecular flexibility index (Phi) is 10.7. The van der Waals surface area contributed by atoms with Crippen LogP contribution >= 0.6 is 23.4 Å². The lowest BCUT2D eigenvalue weighted by Crippen LogP contribution is -2.39. The molecule has 1 aliphatic heterocycles. The third-order valence-electron chi connectivity index (χ3n) is 9.08. The number of carbonyl (C=O) groups excluding carboxylic acids is 1. The Morgan fingerprint density at radius 3 is 2.31 bits per heavy atom. The molecule has 1 aliphatic rings. The van der Waals surface area contributed by atoms with Crippen molar-refractivity contribution in [3.63, 3.8) is 0 Å². The summed E-state index contributed by atoms with van der Waals surface area (Å²) in [7, 11) is 0. The summed E-state index contributed by atoms with van der Waals surface area (Å²) >= 11 is 7.95. The molecule has 5 aromatic rings. The van der Waals surface area contributed by atoms with E-state index in [1.54, 1.807) is 31.7 Å². The Balaban J connectivity index is 1.28. The van der Waals surface area contributed by atoms with Crippen molar-refractivity contribution in [1.82, 2.24) is 9.47 Å². The van der Waals surface area contributed by atoms with Crippen LogP contribution < -0.4 is 9.47 Å². The molecule has 1 atom stereocenters. The second kappa shape index (κ2) is 15.1. The van der Waals surface area contributed by atoms with Gasteiger partial charge in [0, 0.05) is 56.3 Å². The molecule has 1 saturated heterocycles. The predicted octanol–water partition coefficient (Wildman–Crippen LogP) is 10.4. The Labute approximate surface area is 309 Å². The maximum Gasteiger partial charge on any atom is 0.309 e. The van der Waals surface area contributed by atoms with Crippen molar-refractivity contribution in [3.05, 3.63) is 119 Å². The van der Waals surface area contributed by atoms with Gasteiger partial charge in [0.05, 0.1) is 11.5 Å². The van der Waals surface area contributed by atoms with Crippen molar-refractivity contribution < 1.29 is 24.2 Å². The maximum absolute atomic E-state index is 13.8. The molecule has 0 spiro atoms. The number of para-hydroxylation sites is 1. The first-order valence-corrected chi connectivity index (χ1v) is 18.6. The van der Waals surface area contributed by atoms with Crippen LogP contribution in [-0.2, 0) is 17.8 Å². The van der Waals surface area contributed by atoms with Crippen LogP contribution in [-0.4, -0.2) is 50.4 Å². The van der Waals surface area contributed by atoms with Gasteiger partial charge in [-0.2, -0.15) is 0 Å². The first-order chi connectivity index (χ1) is 24.3. The zero-order valence-electron chi connectivity index (χ0n) is 29.8. The maximum atomic E-state index is 13.8. The number of benzene rings is 4. The number of ether oxygens (including phenoxy) is 2. The van der Waals surface area contributed by atoms with E-state index in [0.717, 1.165) is 39.9 Å². The van der Waals surface area contributed by atoms with Crippen molar-refractivity contribution in [2.45, 2.75) is 76.1 Å². The topological polar surface area (TPSA) is 81.0 Å². The molecule has 1 aromatic heterocycles. The summed E-state index contributed by atoms with van der Waals surface area (Å²) in [4.78, 5) is 29.1. The summed E-state index contributed by atoms with van der Waals surface area (Å²) in [6.07, 6.45) is 2.11. The number of rotatable bonds is 12. The largest absolute Gasteiger partial charge is 0.491 e. The molecule has 1 N–H and O–H groups in total. The number of fused-ring (bicyclic) bond motifs is 1. The molecular formula is C42H45ClN2O5S. The van der Waals surface area contributed by atoms with Gasteiger partial charge in [0.25, 0.3) is 5.91 Å². The molecular weight excluding hydrogens is 680 g/mol. The number of likely N-dealkylation sites (tertiary alicyclic amines) is 1. The Hall–Kier alpha value is -4.40. The summed E-state index contributed by atoms with van der Waals surface area (Å²) in [5.41, 5.74) is 2.66. The van der Waals surface area contributed by atoms with Crippen molar-refractivity contribution in [1.29, 1.82) is 0 Å². The molecule has 0 aliphatic carbocycles. The first-order valence-electron chi connectivity index (χ1n) is 17.4. The zero-order chi connectivity index (χ0) is 36.3. The molecule has 2 heterocycles. The van der Waals surface area contributed by atoms with E-state index >= 15 is 0 Å². The fourth-order valence-corrected chi connectivity index (χ4v) is 7.75. The number of hydrogen-bond donors (Lipinski definition) is 1. The van der Waals surface area contributed by atoms with Crippen molar-refractivity contribution in [2.75, 3.05) is 13.2 Å². The molecule has 7 nitrogen and oxygen atoms in total. The van der Waals surface area contributed by atoms with Gasteiger partial charge < -0.3 is 24.0 Å². The third kappa shape index (κ3) is 8.74. The molecule has 6 rings (SSSR count). The highest BCUT2D eigenvalue weighted by Gasteiger charge is 2.33. The van der Waals surface area contributed by atoms with Gasteiger partial charge in [-0.05, 0) is 92.9 Å². The lowest BCUT2D eigenvalue weighted by atomic mass is 9.88. The molecule has 0 saturated carbocycles. The zero-order valence-corrected chi connectivity index (χ0v) is 31.4. The number of carboxylic acid groups (broad SMARTS) is 1. The number of halogens is 1. The van der Waals surface area contributed by atoms with Gasteiger partial charge in [0.2, 0.25) is 0 Å². The molecule has 1 fully saturated rings. The van der Waals surface area contributed by atoms with E-state index in [2.05, 4.69) is 37.5 Å². The molecule has 266 valence electrons. The second-order valence-electron chi connectivity index (χ2n) is 14.8. The van der Waals surface area contributed by atoms with Gasteiger partial charge in [-0.25, -0.2) is 0 Å². The molecule has 0 radical (unpaired) electrons. The van der Waals surface area contributed by atoms with E-state index in [-0.39, 0.29) is 16.7 Å². The van der Waals surface area contributed by atoms with Crippen LogP contribution in [0, 0.1) is 5.41 Å². The summed E-state index contributed by atoms with van der Waals surface area (Å²) in [6.45, 7) is 11.7. The van der Waals surface area contributed by atoms with Gasteiger partial charge in [-0.15, -0.1) is 11.8 Å². The highest BCUT2D eigenvalue weighted by molar-refractivity contribution is 8.00. The van der Waals surface area contributed by atoms with Crippen LogP contribution in [0.25, 0.3) is 10.9 Å². The van der Waals surface area contributed by atoms with Crippen LogP contribution in [0.2, 0.25) is 5.02 Å². The molecule has 0 bridgehead atoms. The number of aliphatic carboxylic acids is 1. The van der Waals surface area contributed by atoms with Crippen LogP contribution in [0.4, 0.5) is 0 Å². The average Bonchev–Trinajstić information content (AvgIpc) is 3.66. The van der Waals surface area contributed by atoms with Gasteiger partial charge in [0.1, 0.15) is 23.9 Å². The Bertz CT molecular complexity index is 2020. The molecule has 51 heavy (non-hydrogen) atoms. The molecule has 1 unspecified atom stereocenters. The molecule has 4 aromatic carbocycles. The van der Waals surface area contributed by atoms with E-state index in [1.165, 1.54) is 0 Å². The second-order valence-corrected chi connectivity index (χ2v) is 17.1. The number of thioether (sulfide) groups is 1. The number of carbonyl (C=O) groups is 2. The molecule has 1 amide bonds. The van der Waals surface area contributed by atoms with Crippen molar-refractivity contribution in [2.24, 2.45) is 5.41 Å². The summed E-state index contributed by atoms with van der Waals surface area (Å²) in [6, 6.07) is 30.7. The van der Waals surface area contributed by atoms with E-state index < -0.39 is 11.4 Å². The minimum absolute atomic E-state index is 0.0381. The average molecular weight is 725 g/mol. The summed E-state index contributed by atoms with van der Waals surface area (Å²) < 4.78 is 14.6. The highest BCUT2D eigenvalue weighted by Crippen LogP contribution is 2.44. The van der Waals surface area contributed by atoms with E-state index in [1.807, 2.05) is 83.8 Å². The quantitative estimate of drug-likeness (QED) is 0.129. The number of aromatic nitrogens is 1. The number of amides is 1. The van der Waals surface area contributed by atoms with Crippen LogP contribution in [0.5, 0.6) is 17.2 Å². The van der Waals surface area contributed by atoms with E-state index in [0.29, 0.717) is 54.0 Å². The SMILES string of the molecule is CC(C)(C)Sc1c(CC(C)(C)C(=O)O)n(Cc2ccc(Cl)cc2)c2ccc(OCC3CCCN3C(=O)c3cccc(Oc4ccccc4)c3)cc12. The molecule has 9 heteroatoms. The lowest BCUT2D eigenvalue weighted by molar-refractivity contribution is -0.146. The van der Waals surface area contributed by atoms with Gasteiger partial charge in [-0.3, -0.25) is 9.59 Å². The number of nitrogens with zero attached hydrogens (tertiary/aromatic N) is 2. The predicted molar refractivity (Wildman–Crippen MR) is 206 cm³/mol. The Morgan fingerprint density at radius 1 is 0.882 bits per heavy atom. The number of hydrogen-bond acceptors (Lipinski definition) is 5. The summed E-state index contributed by atoms with van der Waals surface area (Å²) in [5, 5.41) is 11.8. The smallest absolute Gasteiger partial charge is 0.309 e. The fraction of sp³-hybridized carbons (Fsp3) is 0.333. The normalized spacial score (nSPS) is 14.9. The van der Waals surface area contributed by atoms with Crippen molar-refractivity contribution in [3.8, 4) is 17.2 Å². The van der Waals surface area contributed by atoms with E-state index in [9.17, 15) is 14.7 Å². The third-order valence-corrected chi connectivity index (χ3v) is 10.6. The minimum atomic E-state index is -0.982. The van der Waals surface area contributed by atoms with Gasteiger partial charge in [-0.1, -0.05) is 68.8 Å². The lowest BCUT2D eigenvalue weighted by Gasteiger charge is -2.25. The fourth-order valence-electron chi connectivity index (χ4n) is 6.44. The van der Waals surface area contributed by atoms with Crippen LogP contribution in [0.1, 0.15) is 69.1 Å². The Morgan fingerprint density at radius 2 is 1.61 bits per heavy atom. The van der Waals surface area contributed by atoms with Gasteiger partial charge >= 0.3 is 5.97 Å². The standard InChI is InChI=1S/C42H45ClN2O5S/c1-41(2,3)51-38-35-24-33(20-21-36(35)45(26-28-16-18-30(43)19-17-28)37(38)25-42(4,5)40(47)48)49-27-31-12-10-22-44(31)39(46)29-11-9-15-34(23-29)50-32-13-7-6-8-14-32/h6-9,11,13-21,23-24,31H,10,12,22,25-27H2,1-5H3,(H,47,48). The van der Waals surface area contributed by atoms with Crippen LogP contribution in [0.15, 0.2) is 102 Å². The van der Waals surface area contributed by atoms with Crippen LogP contribution in [0.3, 0.4) is 0 Å². The minimum Gasteiger partial charge on any atom is -0.491 e. The van der Waals surface area contributed by atoms with Crippen molar-refractivity contribution >= 4 is 46.1 Å². The highest BCUT2D eigenvalue weighted by atomic mass is 35.5. The van der Waals surface area contributed by atoms with E-state index in [4.69, 9.17) is 21.1 Å². The number of carboxylic acids is 1. The first kappa shape index (κ1) is 36.4. The monoisotopic (exact) mass is 724 g/mol. The van der Waals surface area contributed by atoms with Gasteiger partial charge in [0.15, 0.2) is 0 Å². The summed E-state index contributed by atoms with van der Waals surface area (Å²) in [5.74, 6) is 1.17.